The molecule has 0 N–H and O–H groups in total. The zero-order chi connectivity index (χ0) is 10.8. The predicted octanol–water partition coefficient (Wildman–Crippen LogP) is 4.09. The Morgan fingerprint density at radius 2 is 2.20 bits per heavy atom. The minimum atomic E-state index is 0.801. The molecular formula is C12H15BrClN. The van der Waals surface area contributed by atoms with Crippen LogP contribution in [-0.4, -0.2) is 17.5 Å². The van der Waals surface area contributed by atoms with Gasteiger partial charge in [-0.3, -0.25) is 4.90 Å². The standard InChI is InChI=1S/C12H15BrClN/c1-2-15(11-5-6-11)8-9-3-4-10(13)7-12(9)14/h3-4,7,11H,2,5-6,8H2,1H3. The van der Waals surface area contributed by atoms with Crippen molar-refractivity contribution in [2.45, 2.75) is 32.4 Å². The highest BCUT2D eigenvalue weighted by Crippen LogP contribution is 2.30. The third-order valence-electron chi connectivity index (χ3n) is 2.86. The van der Waals surface area contributed by atoms with Crippen molar-refractivity contribution in [3.63, 3.8) is 0 Å². The Kier molecular flexibility index (Phi) is 3.70. The molecule has 0 saturated heterocycles. The maximum Gasteiger partial charge on any atom is 0.0462 e. The van der Waals surface area contributed by atoms with Gasteiger partial charge in [-0.2, -0.15) is 0 Å². The van der Waals surface area contributed by atoms with Crippen molar-refractivity contribution in [3.8, 4) is 0 Å². The summed E-state index contributed by atoms with van der Waals surface area (Å²) in [5.41, 5.74) is 1.23. The maximum absolute atomic E-state index is 6.20. The fourth-order valence-corrected chi connectivity index (χ4v) is 2.54. The van der Waals surface area contributed by atoms with Crippen LogP contribution in [0.25, 0.3) is 0 Å². The van der Waals surface area contributed by atoms with Gasteiger partial charge < -0.3 is 0 Å². The molecule has 1 aromatic carbocycles. The van der Waals surface area contributed by atoms with E-state index in [0.717, 1.165) is 28.6 Å². The molecular weight excluding hydrogens is 273 g/mol. The largest absolute Gasteiger partial charge is 0.296 e. The first kappa shape index (κ1) is 11.4. The van der Waals surface area contributed by atoms with Crippen LogP contribution in [0.2, 0.25) is 5.02 Å². The van der Waals surface area contributed by atoms with Crippen LogP contribution in [0.5, 0.6) is 0 Å². The molecule has 0 radical (unpaired) electrons. The second kappa shape index (κ2) is 4.86. The summed E-state index contributed by atoms with van der Waals surface area (Å²) in [4.78, 5) is 2.50. The van der Waals surface area contributed by atoms with E-state index in [-0.39, 0.29) is 0 Å². The van der Waals surface area contributed by atoms with Crippen molar-refractivity contribution in [2.24, 2.45) is 0 Å². The molecule has 2 rings (SSSR count). The lowest BCUT2D eigenvalue weighted by Gasteiger charge is -2.20. The van der Waals surface area contributed by atoms with E-state index in [1.165, 1.54) is 18.4 Å². The first-order valence-corrected chi connectivity index (χ1v) is 6.55. The van der Waals surface area contributed by atoms with Crippen LogP contribution >= 0.6 is 27.5 Å². The molecule has 1 aliphatic rings. The van der Waals surface area contributed by atoms with E-state index in [1.807, 2.05) is 6.07 Å². The van der Waals surface area contributed by atoms with Gasteiger partial charge in [0.2, 0.25) is 0 Å². The molecule has 3 heteroatoms. The SMILES string of the molecule is CCN(Cc1ccc(Br)cc1Cl)C1CC1. The summed E-state index contributed by atoms with van der Waals surface area (Å²) in [5, 5.41) is 0.864. The van der Waals surface area contributed by atoms with Gasteiger partial charge in [0.05, 0.1) is 0 Å². The molecule has 0 aliphatic heterocycles. The molecule has 15 heavy (non-hydrogen) atoms. The zero-order valence-corrected chi connectivity index (χ0v) is 11.2. The average molecular weight is 289 g/mol. The van der Waals surface area contributed by atoms with Gasteiger partial charge in [0.25, 0.3) is 0 Å². The van der Waals surface area contributed by atoms with E-state index >= 15 is 0 Å². The molecule has 1 aliphatic carbocycles. The Bertz CT molecular complexity index is 349. The van der Waals surface area contributed by atoms with Crippen LogP contribution in [0, 0.1) is 0 Å². The monoisotopic (exact) mass is 287 g/mol. The minimum Gasteiger partial charge on any atom is -0.296 e. The molecule has 0 spiro atoms. The third kappa shape index (κ3) is 2.96. The van der Waals surface area contributed by atoms with E-state index in [1.54, 1.807) is 0 Å². The van der Waals surface area contributed by atoms with Gasteiger partial charge in [-0.15, -0.1) is 0 Å². The lowest BCUT2D eigenvalue weighted by atomic mass is 10.2. The van der Waals surface area contributed by atoms with Gasteiger partial charge in [-0.25, -0.2) is 0 Å². The number of benzene rings is 1. The second-order valence-electron chi connectivity index (χ2n) is 4.03. The summed E-state index contributed by atoms with van der Waals surface area (Å²) >= 11 is 9.62. The number of hydrogen-bond donors (Lipinski definition) is 0. The quantitative estimate of drug-likeness (QED) is 0.807. The first-order chi connectivity index (χ1) is 7.20. The van der Waals surface area contributed by atoms with Crippen LogP contribution < -0.4 is 0 Å². The molecule has 0 bridgehead atoms. The summed E-state index contributed by atoms with van der Waals surface area (Å²) in [6.45, 7) is 4.30. The van der Waals surface area contributed by atoms with Crippen LogP contribution in [0.3, 0.4) is 0 Å². The molecule has 1 fully saturated rings. The molecule has 0 atom stereocenters. The Hall–Kier alpha value is -0.0500. The van der Waals surface area contributed by atoms with Crippen molar-refractivity contribution in [1.82, 2.24) is 4.90 Å². The molecule has 0 amide bonds. The van der Waals surface area contributed by atoms with Crippen molar-refractivity contribution >= 4 is 27.5 Å². The van der Waals surface area contributed by atoms with E-state index < -0.39 is 0 Å². The van der Waals surface area contributed by atoms with E-state index in [0.29, 0.717) is 0 Å². The van der Waals surface area contributed by atoms with Crippen molar-refractivity contribution in [2.75, 3.05) is 6.54 Å². The average Bonchev–Trinajstić information content (AvgIpc) is 3.00. The highest BCUT2D eigenvalue weighted by molar-refractivity contribution is 9.10. The van der Waals surface area contributed by atoms with E-state index in [2.05, 4.69) is 39.9 Å². The number of halogens is 2. The van der Waals surface area contributed by atoms with Crippen LogP contribution in [0.1, 0.15) is 25.3 Å². The maximum atomic E-state index is 6.20. The van der Waals surface area contributed by atoms with Crippen molar-refractivity contribution in [1.29, 1.82) is 0 Å². The molecule has 0 unspecified atom stereocenters. The highest BCUT2D eigenvalue weighted by Gasteiger charge is 2.27. The van der Waals surface area contributed by atoms with Crippen molar-refractivity contribution in [3.05, 3.63) is 33.3 Å². The summed E-state index contributed by atoms with van der Waals surface area (Å²) in [5.74, 6) is 0. The van der Waals surface area contributed by atoms with Gasteiger partial charge in [-0.1, -0.05) is 40.5 Å². The predicted molar refractivity (Wildman–Crippen MR) is 68.3 cm³/mol. The summed E-state index contributed by atoms with van der Waals surface area (Å²) in [6.07, 6.45) is 2.70. The van der Waals surface area contributed by atoms with Crippen LogP contribution in [0.4, 0.5) is 0 Å². The lowest BCUT2D eigenvalue weighted by molar-refractivity contribution is 0.269. The summed E-state index contributed by atoms with van der Waals surface area (Å²) in [7, 11) is 0. The summed E-state index contributed by atoms with van der Waals surface area (Å²) in [6, 6.07) is 6.94. The molecule has 0 heterocycles. The van der Waals surface area contributed by atoms with Gasteiger partial charge in [0.1, 0.15) is 0 Å². The highest BCUT2D eigenvalue weighted by atomic mass is 79.9. The number of rotatable bonds is 4. The second-order valence-corrected chi connectivity index (χ2v) is 5.35. The zero-order valence-electron chi connectivity index (χ0n) is 8.84. The first-order valence-electron chi connectivity index (χ1n) is 5.38. The molecule has 1 saturated carbocycles. The summed E-state index contributed by atoms with van der Waals surface area (Å²) < 4.78 is 1.05. The Balaban J connectivity index is 2.08. The van der Waals surface area contributed by atoms with Gasteiger partial charge in [0.15, 0.2) is 0 Å². The Morgan fingerprint density at radius 1 is 1.47 bits per heavy atom. The van der Waals surface area contributed by atoms with Gasteiger partial charge in [-0.05, 0) is 37.1 Å². The van der Waals surface area contributed by atoms with Gasteiger partial charge in [0, 0.05) is 22.1 Å². The molecule has 0 aromatic heterocycles. The fraction of sp³-hybridized carbons (Fsp3) is 0.500. The number of nitrogens with zero attached hydrogens (tertiary/aromatic N) is 1. The number of hydrogen-bond acceptors (Lipinski definition) is 1. The van der Waals surface area contributed by atoms with E-state index in [9.17, 15) is 0 Å². The third-order valence-corrected chi connectivity index (χ3v) is 3.70. The lowest BCUT2D eigenvalue weighted by Crippen LogP contribution is -2.25. The molecule has 1 nitrogen and oxygen atoms in total. The minimum absolute atomic E-state index is 0.801. The Labute approximate surface area is 105 Å². The fourth-order valence-electron chi connectivity index (χ4n) is 1.81. The van der Waals surface area contributed by atoms with Gasteiger partial charge >= 0.3 is 0 Å². The van der Waals surface area contributed by atoms with E-state index in [4.69, 9.17) is 11.6 Å². The molecule has 1 aromatic rings. The topological polar surface area (TPSA) is 3.24 Å². The smallest absolute Gasteiger partial charge is 0.0462 e. The molecule has 82 valence electrons. The van der Waals surface area contributed by atoms with Crippen molar-refractivity contribution < 1.29 is 0 Å². The Morgan fingerprint density at radius 3 is 2.73 bits per heavy atom. The van der Waals surface area contributed by atoms with Crippen LogP contribution in [0.15, 0.2) is 22.7 Å². The normalized spacial score (nSPS) is 16.0. The van der Waals surface area contributed by atoms with Crippen LogP contribution in [-0.2, 0) is 6.54 Å².